The minimum absolute atomic E-state index is 0.129. The minimum Gasteiger partial charge on any atom is -0.493 e. The standard InChI is InChI=1S/C23H23BrFNO2/c1-16-7-9-17(10-8-16)13-26-14-19-20(24)11-12-22(27-2)23(19)28-15-18-5-3-4-6-21(18)25/h3-12,26H,13-15H2,1-2H3. The Balaban J connectivity index is 1.75. The van der Waals surface area contributed by atoms with Gasteiger partial charge in [-0.05, 0) is 30.7 Å². The molecule has 0 bridgehead atoms. The molecule has 0 aromatic heterocycles. The Morgan fingerprint density at radius 1 is 0.964 bits per heavy atom. The van der Waals surface area contributed by atoms with Crippen LogP contribution in [-0.2, 0) is 19.7 Å². The van der Waals surface area contributed by atoms with Crippen LogP contribution < -0.4 is 14.8 Å². The molecule has 0 atom stereocenters. The monoisotopic (exact) mass is 443 g/mol. The summed E-state index contributed by atoms with van der Waals surface area (Å²) < 4.78 is 26.3. The van der Waals surface area contributed by atoms with Crippen LogP contribution in [0.25, 0.3) is 0 Å². The minimum atomic E-state index is -0.282. The van der Waals surface area contributed by atoms with E-state index in [-0.39, 0.29) is 12.4 Å². The molecule has 0 aliphatic rings. The Morgan fingerprint density at radius 2 is 1.71 bits per heavy atom. The van der Waals surface area contributed by atoms with E-state index in [9.17, 15) is 4.39 Å². The SMILES string of the molecule is COc1ccc(Br)c(CNCc2ccc(C)cc2)c1OCc1ccccc1F. The molecule has 3 nitrogen and oxygen atoms in total. The summed E-state index contributed by atoms with van der Waals surface area (Å²) in [5.41, 5.74) is 3.88. The van der Waals surface area contributed by atoms with E-state index in [2.05, 4.69) is 52.4 Å². The number of halogens is 2. The van der Waals surface area contributed by atoms with Gasteiger partial charge in [0, 0.05) is 28.7 Å². The Morgan fingerprint density at radius 3 is 2.43 bits per heavy atom. The van der Waals surface area contributed by atoms with E-state index < -0.39 is 0 Å². The lowest BCUT2D eigenvalue weighted by atomic mass is 10.1. The summed E-state index contributed by atoms with van der Waals surface area (Å²) in [6.07, 6.45) is 0. The van der Waals surface area contributed by atoms with Gasteiger partial charge in [0.1, 0.15) is 12.4 Å². The highest BCUT2D eigenvalue weighted by Crippen LogP contribution is 2.37. The zero-order valence-corrected chi connectivity index (χ0v) is 17.6. The molecule has 0 aliphatic carbocycles. The first-order valence-corrected chi connectivity index (χ1v) is 9.85. The summed E-state index contributed by atoms with van der Waals surface area (Å²) in [5.74, 6) is 0.943. The van der Waals surface area contributed by atoms with E-state index in [4.69, 9.17) is 9.47 Å². The van der Waals surface area contributed by atoms with Gasteiger partial charge in [-0.2, -0.15) is 0 Å². The smallest absolute Gasteiger partial charge is 0.167 e. The van der Waals surface area contributed by atoms with E-state index >= 15 is 0 Å². The van der Waals surface area contributed by atoms with Crippen molar-refractivity contribution in [3.63, 3.8) is 0 Å². The highest BCUT2D eigenvalue weighted by Gasteiger charge is 2.15. The predicted molar refractivity (Wildman–Crippen MR) is 113 cm³/mol. The second kappa shape index (κ2) is 9.71. The third-order valence-corrected chi connectivity index (χ3v) is 5.21. The van der Waals surface area contributed by atoms with Crippen molar-refractivity contribution < 1.29 is 13.9 Å². The zero-order chi connectivity index (χ0) is 19.9. The van der Waals surface area contributed by atoms with Crippen molar-refractivity contribution >= 4 is 15.9 Å². The van der Waals surface area contributed by atoms with Crippen molar-refractivity contribution in [2.24, 2.45) is 0 Å². The van der Waals surface area contributed by atoms with Crippen molar-refractivity contribution in [2.45, 2.75) is 26.6 Å². The van der Waals surface area contributed by atoms with E-state index in [0.29, 0.717) is 23.6 Å². The highest BCUT2D eigenvalue weighted by atomic mass is 79.9. The molecular weight excluding hydrogens is 421 g/mol. The van der Waals surface area contributed by atoms with Crippen molar-refractivity contribution in [2.75, 3.05) is 7.11 Å². The maximum absolute atomic E-state index is 13.9. The second-order valence-electron chi connectivity index (χ2n) is 6.53. The number of methoxy groups -OCH3 is 1. The van der Waals surface area contributed by atoms with Crippen molar-refractivity contribution in [1.82, 2.24) is 5.32 Å². The molecule has 5 heteroatoms. The van der Waals surface area contributed by atoms with E-state index in [1.807, 2.05) is 12.1 Å². The van der Waals surface area contributed by atoms with Gasteiger partial charge in [-0.25, -0.2) is 4.39 Å². The van der Waals surface area contributed by atoms with Gasteiger partial charge in [0.05, 0.1) is 7.11 Å². The van der Waals surface area contributed by atoms with Gasteiger partial charge < -0.3 is 14.8 Å². The van der Waals surface area contributed by atoms with Crippen LogP contribution >= 0.6 is 15.9 Å². The van der Waals surface area contributed by atoms with E-state index in [0.717, 1.165) is 16.6 Å². The van der Waals surface area contributed by atoms with Gasteiger partial charge in [-0.15, -0.1) is 0 Å². The first-order chi connectivity index (χ1) is 13.6. The van der Waals surface area contributed by atoms with Gasteiger partial charge in [0.25, 0.3) is 0 Å². The average Bonchev–Trinajstić information content (AvgIpc) is 2.70. The molecular formula is C23H23BrFNO2. The van der Waals surface area contributed by atoms with Crippen LogP contribution in [0.1, 0.15) is 22.3 Å². The Labute approximate surface area is 173 Å². The Bertz CT molecular complexity index is 928. The van der Waals surface area contributed by atoms with E-state index in [1.54, 1.807) is 25.3 Å². The lowest BCUT2D eigenvalue weighted by molar-refractivity contribution is 0.275. The van der Waals surface area contributed by atoms with Crippen LogP contribution in [-0.4, -0.2) is 7.11 Å². The first-order valence-electron chi connectivity index (χ1n) is 9.06. The summed E-state index contributed by atoms with van der Waals surface area (Å²) in [7, 11) is 1.60. The highest BCUT2D eigenvalue weighted by molar-refractivity contribution is 9.10. The largest absolute Gasteiger partial charge is 0.493 e. The van der Waals surface area contributed by atoms with Crippen molar-refractivity contribution in [3.8, 4) is 11.5 Å². The van der Waals surface area contributed by atoms with Crippen LogP contribution in [0.2, 0.25) is 0 Å². The van der Waals surface area contributed by atoms with Crippen molar-refractivity contribution in [1.29, 1.82) is 0 Å². The third-order valence-electron chi connectivity index (χ3n) is 4.47. The molecule has 3 aromatic rings. The topological polar surface area (TPSA) is 30.5 Å². The number of ether oxygens (including phenoxy) is 2. The molecule has 0 saturated heterocycles. The molecule has 0 unspecified atom stereocenters. The van der Waals surface area contributed by atoms with Crippen LogP contribution in [0.4, 0.5) is 4.39 Å². The maximum atomic E-state index is 13.9. The number of aryl methyl sites for hydroxylation is 1. The van der Waals surface area contributed by atoms with Crippen LogP contribution in [0, 0.1) is 12.7 Å². The molecule has 0 radical (unpaired) electrons. The second-order valence-corrected chi connectivity index (χ2v) is 7.38. The molecule has 1 N–H and O–H groups in total. The number of nitrogens with one attached hydrogen (secondary N) is 1. The lowest BCUT2D eigenvalue weighted by Gasteiger charge is -2.17. The molecule has 0 amide bonds. The Hall–Kier alpha value is -2.37. The van der Waals surface area contributed by atoms with Gasteiger partial charge in [-0.1, -0.05) is 64.0 Å². The van der Waals surface area contributed by atoms with Crippen LogP contribution in [0.3, 0.4) is 0 Å². The normalized spacial score (nSPS) is 10.7. The fraction of sp³-hybridized carbons (Fsp3) is 0.217. The van der Waals surface area contributed by atoms with Crippen molar-refractivity contribution in [3.05, 3.63) is 93.2 Å². The molecule has 0 fully saturated rings. The molecule has 28 heavy (non-hydrogen) atoms. The fourth-order valence-corrected chi connectivity index (χ4v) is 3.32. The van der Waals surface area contributed by atoms with Crippen LogP contribution in [0.15, 0.2) is 65.1 Å². The first kappa shape index (κ1) is 20.4. The number of hydrogen-bond acceptors (Lipinski definition) is 3. The van der Waals surface area contributed by atoms with Gasteiger partial charge in [0.2, 0.25) is 0 Å². The van der Waals surface area contributed by atoms with Gasteiger partial charge in [0.15, 0.2) is 11.5 Å². The quantitative estimate of drug-likeness (QED) is 0.478. The molecule has 3 aromatic carbocycles. The van der Waals surface area contributed by atoms with E-state index in [1.165, 1.54) is 17.2 Å². The molecule has 0 saturated carbocycles. The zero-order valence-electron chi connectivity index (χ0n) is 16.0. The fourth-order valence-electron chi connectivity index (χ4n) is 2.87. The number of hydrogen-bond donors (Lipinski definition) is 1. The summed E-state index contributed by atoms with van der Waals surface area (Å²) in [6, 6.07) is 18.8. The van der Waals surface area contributed by atoms with Gasteiger partial charge in [-0.3, -0.25) is 0 Å². The summed E-state index contributed by atoms with van der Waals surface area (Å²) in [4.78, 5) is 0. The van der Waals surface area contributed by atoms with Crippen LogP contribution in [0.5, 0.6) is 11.5 Å². The maximum Gasteiger partial charge on any atom is 0.167 e. The molecule has 146 valence electrons. The molecule has 3 rings (SSSR count). The van der Waals surface area contributed by atoms with Gasteiger partial charge >= 0.3 is 0 Å². The number of benzene rings is 3. The third kappa shape index (κ3) is 5.12. The predicted octanol–water partition coefficient (Wildman–Crippen LogP) is 5.77. The average molecular weight is 444 g/mol. The summed E-state index contributed by atoms with van der Waals surface area (Å²) in [5, 5.41) is 3.44. The summed E-state index contributed by atoms with van der Waals surface area (Å²) in [6.45, 7) is 3.52. The molecule has 0 heterocycles. The summed E-state index contributed by atoms with van der Waals surface area (Å²) >= 11 is 3.60. The lowest BCUT2D eigenvalue weighted by Crippen LogP contribution is -2.14. The number of rotatable bonds is 8. The Kier molecular flexibility index (Phi) is 7.06. The molecule has 0 aliphatic heterocycles. The molecule has 0 spiro atoms.